The van der Waals surface area contributed by atoms with Gasteiger partial charge in [0, 0.05) is 20.1 Å². The highest BCUT2D eigenvalue weighted by Gasteiger charge is 2.30. The zero-order valence-corrected chi connectivity index (χ0v) is 13.7. The van der Waals surface area contributed by atoms with Crippen LogP contribution in [0.2, 0.25) is 0 Å². The van der Waals surface area contributed by atoms with Crippen LogP contribution in [-0.4, -0.2) is 45.7 Å². The molecule has 0 bridgehead atoms. The van der Waals surface area contributed by atoms with E-state index in [0.717, 1.165) is 5.69 Å². The van der Waals surface area contributed by atoms with E-state index in [1.54, 1.807) is 31.1 Å². The summed E-state index contributed by atoms with van der Waals surface area (Å²) in [6.45, 7) is 0.836. The number of halogens is 1. The van der Waals surface area contributed by atoms with Crippen LogP contribution in [0, 0.1) is 0 Å². The first-order valence-electron chi connectivity index (χ1n) is 5.84. The number of benzene rings is 1. The van der Waals surface area contributed by atoms with E-state index < -0.39 is 20.8 Å². The van der Waals surface area contributed by atoms with Gasteiger partial charge in [-0.1, -0.05) is 6.07 Å². The summed E-state index contributed by atoms with van der Waals surface area (Å²) in [6.07, 6.45) is 0. The predicted molar refractivity (Wildman–Crippen MR) is 82.5 cm³/mol. The van der Waals surface area contributed by atoms with E-state index in [4.69, 9.17) is 0 Å². The molecule has 1 aromatic carbocycles. The Balaban J connectivity index is 0.00000200. The van der Waals surface area contributed by atoms with Gasteiger partial charge >= 0.3 is 0 Å². The molecule has 2 N–H and O–H groups in total. The second kappa shape index (κ2) is 6.86. The van der Waals surface area contributed by atoms with Crippen molar-refractivity contribution in [2.75, 3.05) is 38.0 Å². The Bertz CT molecular complexity index is 607. The molecule has 20 heavy (non-hydrogen) atoms. The summed E-state index contributed by atoms with van der Waals surface area (Å²) in [4.78, 5) is 2.32. The highest BCUT2D eigenvalue weighted by Crippen LogP contribution is 2.35. The van der Waals surface area contributed by atoms with Crippen molar-refractivity contribution < 1.29 is 12.6 Å². The van der Waals surface area contributed by atoms with Crippen LogP contribution in [0.5, 0.6) is 0 Å². The van der Waals surface area contributed by atoms with Crippen molar-refractivity contribution in [3.63, 3.8) is 0 Å². The fourth-order valence-electron chi connectivity index (χ4n) is 1.94. The van der Waals surface area contributed by atoms with E-state index in [-0.39, 0.29) is 17.3 Å². The second-order valence-corrected chi connectivity index (χ2v) is 7.37. The molecule has 9 heteroatoms. The van der Waals surface area contributed by atoms with Gasteiger partial charge in [0.05, 0.1) is 27.3 Å². The number of nitrogens with zero attached hydrogens (tertiary/aromatic N) is 1. The smallest absolute Gasteiger partial charge is 0.241 e. The molecule has 1 aliphatic rings. The molecule has 0 aromatic heterocycles. The summed E-state index contributed by atoms with van der Waals surface area (Å²) in [5.41, 5.74) is 0.717. The molecule has 0 saturated heterocycles. The monoisotopic (exact) mass is 339 g/mol. The van der Waals surface area contributed by atoms with Gasteiger partial charge in [-0.25, -0.2) is 13.1 Å². The zero-order chi connectivity index (χ0) is 14.0. The van der Waals surface area contributed by atoms with E-state index in [1.807, 2.05) is 0 Å². The number of fused-ring (bicyclic) bond motifs is 1. The molecule has 1 aromatic rings. The minimum absolute atomic E-state index is 0. The quantitative estimate of drug-likeness (QED) is 0.745. The van der Waals surface area contributed by atoms with E-state index in [9.17, 15) is 12.6 Å². The lowest BCUT2D eigenvalue weighted by atomic mass is 10.3. The average Bonchev–Trinajstić information content (AvgIpc) is 2.65. The van der Waals surface area contributed by atoms with Crippen LogP contribution in [0.4, 0.5) is 5.69 Å². The van der Waals surface area contributed by atoms with E-state index in [2.05, 4.69) is 10.0 Å². The van der Waals surface area contributed by atoms with Gasteiger partial charge in [-0.2, -0.15) is 0 Å². The van der Waals surface area contributed by atoms with Gasteiger partial charge in [0.1, 0.15) is 4.90 Å². The third-order valence-electron chi connectivity index (χ3n) is 2.86. The Morgan fingerprint density at radius 2 is 2.05 bits per heavy atom. The molecular formula is C11H18ClN3O3S2. The lowest BCUT2D eigenvalue weighted by molar-refractivity contribution is 0.577. The number of hydrogen-bond acceptors (Lipinski definition) is 5. The Labute approximate surface area is 127 Å². The lowest BCUT2D eigenvalue weighted by Gasteiger charge is -2.12. The summed E-state index contributed by atoms with van der Waals surface area (Å²) < 4.78 is 39.0. The largest absolute Gasteiger partial charge is 0.361 e. The predicted octanol–water partition coefficient (Wildman–Crippen LogP) is 0.121. The van der Waals surface area contributed by atoms with Crippen LogP contribution in [0.3, 0.4) is 0 Å². The number of hydrogen-bond donors (Lipinski definition) is 2. The fraction of sp³-hybridized carbons (Fsp3) is 0.455. The fourth-order valence-corrected chi connectivity index (χ4v) is 5.05. The van der Waals surface area contributed by atoms with Crippen LogP contribution in [-0.2, 0) is 20.8 Å². The maximum atomic E-state index is 12.2. The molecule has 0 radical (unpaired) electrons. The van der Waals surface area contributed by atoms with Crippen molar-refractivity contribution in [3.8, 4) is 0 Å². The lowest BCUT2D eigenvalue weighted by Crippen LogP contribution is -2.31. The van der Waals surface area contributed by atoms with Crippen LogP contribution >= 0.6 is 12.4 Å². The topological polar surface area (TPSA) is 78.5 Å². The van der Waals surface area contributed by atoms with Gasteiger partial charge in [-0.3, -0.25) is 4.21 Å². The molecule has 2 rings (SSSR count). The number of rotatable bonds is 5. The van der Waals surface area contributed by atoms with E-state index >= 15 is 0 Å². The summed E-state index contributed by atoms with van der Waals surface area (Å²) in [5, 5.41) is 2.86. The number of nitrogens with one attached hydrogen (secondary N) is 2. The molecule has 0 saturated carbocycles. The molecule has 1 atom stereocenters. The van der Waals surface area contributed by atoms with Gasteiger partial charge < -0.3 is 10.2 Å². The summed E-state index contributed by atoms with van der Waals surface area (Å²) >= 11 is 0. The molecule has 0 amide bonds. The molecule has 0 aliphatic carbocycles. The number of sulfonamides is 1. The Kier molecular flexibility index (Phi) is 5.96. The molecular weight excluding hydrogens is 322 g/mol. The zero-order valence-electron chi connectivity index (χ0n) is 11.3. The van der Waals surface area contributed by atoms with Gasteiger partial charge in [-0.05, 0) is 19.2 Å². The SMILES string of the molecule is CNCCNS(=O)(=O)c1cccc2c1S(=O)CN2C.Cl. The van der Waals surface area contributed by atoms with E-state index in [0.29, 0.717) is 23.9 Å². The molecule has 0 fully saturated rings. The van der Waals surface area contributed by atoms with E-state index in [1.165, 1.54) is 6.07 Å². The van der Waals surface area contributed by atoms with Gasteiger partial charge in [0.2, 0.25) is 10.0 Å². The minimum Gasteiger partial charge on any atom is -0.361 e. The van der Waals surface area contributed by atoms with Gasteiger partial charge in [0.15, 0.2) is 0 Å². The van der Waals surface area contributed by atoms with Crippen molar-refractivity contribution in [3.05, 3.63) is 18.2 Å². The van der Waals surface area contributed by atoms with Crippen molar-refractivity contribution in [2.45, 2.75) is 9.79 Å². The average molecular weight is 340 g/mol. The van der Waals surface area contributed by atoms with Crippen molar-refractivity contribution in [1.29, 1.82) is 0 Å². The van der Waals surface area contributed by atoms with Crippen molar-refractivity contribution in [1.82, 2.24) is 10.0 Å². The molecule has 0 spiro atoms. The minimum atomic E-state index is -3.62. The first-order valence-corrected chi connectivity index (χ1v) is 8.64. The maximum Gasteiger partial charge on any atom is 0.241 e. The molecule has 1 heterocycles. The summed E-state index contributed by atoms with van der Waals surface area (Å²) in [5.74, 6) is 0.332. The first-order chi connectivity index (χ1) is 8.97. The molecule has 114 valence electrons. The Morgan fingerprint density at radius 1 is 1.35 bits per heavy atom. The van der Waals surface area contributed by atoms with Crippen molar-refractivity contribution in [2.24, 2.45) is 0 Å². The first kappa shape index (κ1) is 17.4. The summed E-state index contributed by atoms with van der Waals surface area (Å²) in [6, 6.07) is 4.95. The molecule has 1 aliphatic heterocycles. The van der Waals surface area contributed by atoms with Gasteiger partial charge in [-0.15, -0.1) is 12.4 Å². The molecule has 6 nitrogen and oxygen atoms in total. The standard InChI is InChI=1S/C11H17N3O3S2.ClH/c1-12-6-7-13-19(16,17)10-5-3-4-9-11(10)18(15)8-14(9)2;/h3-5,12-13H,6-8H2,1-2H3;1H. The highest BCUT2D eigenvalue weighted by atomic mass is 35.5. The maximum absolute atomic E-state index is 12.2. The third-order valence-corrected chi connectivity index (χ3v) is 6.00. The van der Waals surface area contributed by atoms with Crippen LogP contribution in [0.15, 0.2) is 28.0 Å². The van der Waals surface area contributed by atoms with Crippen LogP contribution in [0.1, 0.15) is 0 Å². The highest BCUT2D eigenvalue weighted by molar-refractivity contribution is 7.91. The van der Waals surface area contributed by atoms with Crippen LogP contribution in [0.25, 0.3) is 0 Å². The molecule has 1 unspecified atom stereocenters. The second-order valence-electron chi connectivity index (χ2n) is 4.28. The van der Waals surface area contributed by atoms with Crippen molar-refractivity contribution >= 4 is 38.9 Å². The number of anilines is 1. The third kappa shape index (κ3) is 3.32. The number of likely N-dealkylation sites (N-methyl/N-ethyl adjacent to an activating group) is 1. The summed E-state index contributed by atoms with van der Waals surface area (Å²) in [7, 11) is -1.38. The van der Waals surface area contributed by atoms with Crippen LogP contribution < -0.4 is 14.9 Å². The Morgan fingerprint density at radius 3 is 2.70 bits per heavy atom. The Hall–Kier alpha value is -0.670. The van der Waals surface area contributed by atoms with Gasteiger partial charge in [0.25, 0.3) is 0 Å². The normalized spacial score (nSPS) is 17.7.